The molecule has 0 saturated carbocycles. The van der Waals surface area contributed by atoms with Crippen molar-refractivity contribution in [2.45, 2.75) is 0 Å². The molecule has 0 N–H and O–H groups in total. The number of esters is 1. The van der Waals surface area contributed by atoms with Gasteiger partial charge in [-0.1, -0.05) is 0 Å². The zero-order chi connectivity index (χ0) is 10.1. The van der Waals surface area contributed by atoms with Crippen LogP contribution >= 0.6 is 16.1 Å². The molecule has 0 bridgehead atoms. The van der Waals surface area contributed by atoms with Crippen LogP contribution in [0.4, 0.5) is 0 Å². The molecular formula is C9H7BrN2O2. The van der Waals surface area contributed by atoms with Gasteiger partial charge in [-0.05, 0) is 12.1 Å². The van der Waals surface area contributed by atoms with E-state index in [0.29, 0.717) is 11.2 Å². The van der Waals surface area contributed by atoms with Crippen LogP contribution in [0.3, 0.4) is 0 Å². The molecule has 14 heavy (non-hydrogen) atoms. The minimum absolute atomic E-state index is 0.351. The van der Waals surface area contributed by atoms with Crippen molar-refractivity contribution in [3.05, 3.63) is 30.1 Å². The Bertz CT molecular complexity index is 493. The minimum atomic E-state index is -0.351. The SMILES string of the molecule is COC(=O)c1ccnc2c1ccn2Br. The first-order chi connectivity index (χ1) is 6.74. The summed E-state index contributed by atoms with van der Waals surface area (Å²) in [5.74, 6) is -0.351. The maximum absolute atomic E-state index is 11.4. The van der Waals surface area contributed by atoms with Crippen LogP contribution in [-0.4, -0.2) is 21.7 Å². The highest BCUT2D eigenvalue weighted by Crippen LogP contribution is 2.19. The van der Waals surface area contributed by atoms with Crippen molar-refractivity contribution in [1.29, 1.82) is 0 Å². The average Bonchev–Trinajstić information content (AvgIpc) is 2.59. The van der Waals surface area contributed by atoms with Gasteiger partial charge in [0.15, 0.2) is 5.65 Å². The third kappa shape index (κ3) is 1.29. The molecule has 0 atom stereocenters. The molecule has 0 aliphatic rings. The van der Waals surface area contributed by atoms with E-state index in [9.17, 15) is 4.79 Å². The summed E-state index contributed by atoms with van der Waals surface area (Å²) in [6.45, 7) is 0. The predicted octanol–water partition coefficient (Wildman–Crippen LogP) is 1.98. The maximum atomic E-state index is 11.4. The standard InChI is InChI=1S/C9H7BrN2O2/c1-14-9(13)7-2-4-11-8-6(7)3-5-12(8)10/h2-5H,1H3. The highest BCUT2D eigenvalue weighted by atomic mass is 79.9. The lowest BCUT2D eigenvalue weighted by Gasteiger charge is -2.00. The number of methoxy groups -OCH3 is 1. The van der Waals surface area contributed by atoms with E-state index in [2.05, 4.69) is 25.9 Å². The van der Waals surface area contributed by atoms with Crippen LogP contribution in [0.15, 0.2) is 24.5 Å². The first-order valence-corrected chi connectivity index (χ1v) is 4.65. The smallest absolute Gasteiger partial charge is 0.338 e. The molecule has 0 fully saturated rings. The number of hydrogen-bond acceptors (Lipinski definition) is 3. The molecule has 2 aromatic rings. The molecule has 0 saturated heterocycles. The molecule has 0 spiro atoms. The van der Waals surface area contributed by atoms with Gasteiger partial charge in [0, 0.05) is 17.8 Å². The summed E-state index contributed by atoms with van der Waals surface area (Å²) in [6, 6.07) is 3.45. The highest BCUT2D eigenvalue weighted by molar-refractivity contribution is 9.08. The second kappa shape index (κ2) is 3.42. The molecule has 4 nitrogen and oxygen atoms in total. The Kier molecular flexibility index (Phi) is 2.25. The van der Waals surface area contributed by atoms with Gasteiger partial charge in [0.1, 0.15) is 0 Å². The Morgan fingerprint density at radius 1 is 1.57 bits per heavy atom. The average molecular weight is 255 g/mol. The third-order valence-corrected chi connectivity index (χ3v) is 2.52. The molecule has 2 rings (SSSR count). The molecule has 2 heterocycles. The van der Waals surface area contributed by atoms with Crippen LogP contribution in [0, 0.1) is 0 Å². The summed E-state index contributed by atoms with van der Waals surface area (Å²) in [7, 11) is 1.36. The zero-order valence-corrected chi connectivity index (χ0v) is 8.98. The van der Waals surface area contributed by atoms with E-state index in [1.165, 1.54) is 7.11 Å². The quantitative estimate of drug-likeness (QED) is 0.732. The number of rotatable bonds is 1. The lowest BCUT2D eigenvalue weighted by atomic mass is 10.2. The lowest BCUT2D eigenvalue weighted by molar-refractivity contribution is 0.0603. The molecule has 0 unspecified atom stereocenters. The number of pyridine rings is 1. The molecule has 0 aliphatic carbocycles. The van der Waals surface area contributed by atoms with Crippen molar-refractivity contribution in [1.82, 2.24) is 8.58 Å². The maximum Gasteiger partial charge on any atom is 0.338 e. The van der Waals surface area contributed by atoms with Crippen LogP contribution in [0.5, 0.6) is 0 Å². The van der Waals surface area contributed by atoms with Crippen LogP contribution in [0.2, 0.25) is 0 Å². The number of aromatic nitrogens is 2. The first-order valence-electron chi connectivity index (χ1n) is 3.94. The third-order valence-electron chi connectivity index (χ3n) is 1.95. The Labute approximate surface area is 88.8 Å². The van der Waals surface area contributed by atoms with Crippen molar-refractivity contribution < 1.29 is 9.53 Å². The topological polar surface area (TPSA) is 44.1 Å². The predicted molar refractivity (Wildman–Crippen MR) is 55.4 cm³/mol. The lowest BCUT2D eigenvalue weighted by Crippen LogP contribution is -2.01. The highest BCUT2D eigenvalue weighted by Gasteiger charge is 2.12. The van der Waals surface area contributed by atoms with Crippen molar-refractivity contribution in [3.8, 4) is 0 Å². The molecule has 72 valence electrons. The second-order valence-electron chi connectivity index (χ2n) is 2.71. The van der Waals surface area contributed by atoms with E-state index < -0.39 is 0 Å². The fourth-order valence-electron chi connectivity index (χ4n) is 1.30. The van der Waals surface area contributed by atoms with Crippen LogP contribution < -0.4 is 0 Å². The summed E-state index contributed by atoms with van der Waals surface area (Å²) in [6.07, 6.45) is 3.36. The normalized spacial score (nSPS) is 10.4. The van der Waals surface area contributed by atoms with Crippen molar-refractivity contribution in [2.75, 3.05) is 7.11 Å². The Morgan fingerprint density at radius 3 is 3.07 bits per heavy atom. The van der Waals surface area contributed by atoms with Gasteiger partial charge in [-0.25, -0.2) is 9.78 Å². The van der Waals surface area contributed by atoms with E-state index in [0.717, 1.165) is 5.39 Å². The van der Waals surface area contributed by atoms with Gasteiger partial charge in [-0.15, -0.1) is 0 Å². The molecule has 2 aromatic heterocycles. The Hall–Kier alpha value is -1.36. The first kappa shape index (κ1) is 9.21. The van der Waals surface area contributed by atoms with Crippen molar-refractivity contribution in [2.24, 2.45) is 0 Å². The van der Waals surface area contributed by atoms with Gasteiger partial charge >= 0.3 is 5.97 Å². The number of nitrogens with zero attached hydrogens (tertiary/aromatic N) is 2. The van der Waals surface area contributed by atoms with Gasteiger partial charge in [-0.2, -0.15) is 0 Å². The van der Waals surface area contributed by atoms with Gasteiger partial charge in [0.05, 0.1) is 28.8 Å². The number of hydrogen-bond donors (Lipinski definition) is 0. The Morgan fingerprint density at radius 2 is 2.36 bits per heavy atom. The van der Waals surface area contributed by atoms with E-state index >= 15 is 0 Å². The van der Waals surface area contributed by atoms with Gasteiger partial charge in [0.2, 0.25) is 0 Å². The van der Waals surface area contributed by atoms with Crippen LogP contribution in [-0.2, 0) is 4.74 Å². The van der Waals surface area contributed by atoms with E-state index in [-0.39, 0.29) is 5.97 Å². The second-order valence-corrected chi connectivity index (χ2v) is 3.48. The van der Waals surface area contributed by atoms with Gasteiger partial charge in [0.25, 0.3) is 0 Å². The Balaban J connectivity index is 2.71. The van der Waals surface area contributed by atoms with Gasteiger partial charge in [-0.3, -0.25) is 3.59 Å². The summed E-state index contributed by atoms with van der Waals surface area (Å²) in [4.78, 5) is 15.5. The largest absolute Gasteiger partial charge is 0.465 e. The van der Waals surface area contributed by atoms with Crippen molar-refractivity contribution in [3.63, 3.8) is 0 Å². The summed E-state index contributed by atoms with van der Waals surface area (Å²) >= 11 is 3.27. The van der Waals surface area contributed by atoms with E-state index in [1.54, 1.807) is 22.1 Å². The van der Waals surface area contributed by atoms with E-state index in [1.807, 2.05) is 6.07 Å². The number of carbonyl (C=O) groups excluding carboxylic acids is 1. The summed E-state index contributed by atoms with van der Waals surface area (Å²) in [5, 5.41) is 0.774. The van der Waals surface area contributed by atoms with E-state index in [4.69, 9.17) is 0 Å². The molecule has 0 radical (unpaired) electrons. The minimum Gasteiger partial charge on any atom is -0.465 e. The van der Waals surface area contributed by atoms with Gasteiger partial charge < -0.3 is 4.74 Å². The molecule has 0 aliphatic heterocycles. The monoisotopic (exact) mass is 254 g/mol. The molecule has 0 amide bonds. The zero-order valence-electron chi connectivity index (χ0n) is 7.40. The molecular weight excluding hydrogens is 248 g/mol. The summed E-state index contributed by atoms with van der Waals surface area (Å²) < 4.78 is 6.34. The van der Waals surface area contributed by atoms with Crippen LogP contribution in [0.1, 0.15) is 10.4 Å². The number of carbonyl (C=O) groups is 1. The molecule has 5 heteroatoms. The molecule has 0 aromatic carbocycles. The fraction of sp³-hybridized carbons (Fsp3) is 0.111. The number of ether oxygens (including phenoxy) is 1. The number of halogens is 1. The summed E-state index contributed by atoms with van der Waals surface area (Å²) in [5.41, 5.74) is 1.23. The fourth-order valence-corrected chi connectivity index (χ4v) is 1.70. The van der Waals surface area contributed by atoms with Crippen LogP contribution in [0.25, 0.3) is 11.0 Å². The van der Waals surface area contributed by atoms with Crippen molar-refractivity contribution >= 4 is 33.1 Å². The number of fused-ring (bicyclic) bond motifs is 1.